The van der Waals surface area contributed by atoms with E-state index in [-0.39, 0.29) is 16.3 Å². The number of ether oxygens (including phenoxy) is 1. The number of nitro groups is 1. The zero-order valence-corrected chi connectivity index (χ0v) is 10.4. The molecule has 1 aliphatic rings. The van der Waals surface area contributed by atoms with Gasteiger partial charge in [0.2, 0.25) is 0 Å². The summed E-state index contributed by atoms with van der Waals surface area (Å²) < 4.78 is 5.05. The molecular formula is C12H12ClNO4. The van der Waals surface area contributed by atoms with Gasteiger partial charge in [-0.3, -0.25) is 10.1 Å². The van der Waals surface area contributed by atoms with Crippen LogP contribution in [0.2, 0.25) is 5.02 Å². The summed E-state index contributed by atoms with van der Waals surface area (Å²) in [6, 6.07) is 4.10. The van der Waals surface area contributed by atoms with E-state index < -0.39 is 10.9 Å². The lowest BCUT2D eigenvalue weighted by molar-refractivity contribution is -0.384. The van der Waals surface area contributed by atoms with Gasteiger partial charge in [-0.05, 0) is 18.4 Å². The van der Waals surface area contributed by atoms with Gasteiger partial charge in [-0.1, -0.05) is 30.5 Å². The number of halogens is 1. The highest BCUT2D eigenvalue weighted by Gasteiger charge is 2.23. The molecule has 2 rings (SSSR count). The van der Waals surface area contributed by atoms with Crippen molar-refractivity contribution in [2.24, 2.45) is 5.92 Å². The number of hydrogen-bond acceptors (Lipinski definition) is 4. The Hall–Kier alpha value is -1.62. The van der Waals surface area contributed by atoms with Crippen molar-refractivity contribution in [1.82, 2.24) is 0 Å². The van der Waals surface area contributed by atoms with Crippen molar-refractivity contribution < 1.29 is 14.5 Å². The van der Waals surface area contributed by atoms with Crippen molar-refractivity contribution >= 4 is 23.3 Å². The summed E-state index contributed by atoms with van der Waals surface area (Å²) in [6.07, 6.45) is 3.22. The normalized spacial score (nSPS) is 14.3. The molecule has 0 aromatic heterocycles. The van der Waals surface area contributed by atoms with Gasteiger partial charge in [-0.2, -0.15) is 0 Å². The molecule has 0 aliphatic heterocycles. The third kappa shape index (κ3) is 2.98. The second kappa shape index (κ2) is 5.35. The van der Waals surface area contributed by atoms with Crippen LogP contribution < -0.4 is 0 Å². The highest BCUT2D eigenvalue weighted by molar-refractivity contribution is 6.35. The molecule has 0 N–H and O–H groups in total. The summed E-state index contributed by atoms with van der Waals surface area (Å²) in [5.74, 6) is 0.0581. The van der Waals surface area contributed by atoms with Gasteiger partial charge in [0.05, 0.1) is 17.1 Å². The highest BCUT2D eigenvalue weighted by Crippen LogP contribution is 2.32. The van der Waals surface area contributed by atoms with E-state index in [2.05, 4.69) is 0 Å². The second-order valence-electron chi connectivity index (χ2n) is 4.26. The molecular weight excluding hydrogens is 258 g/mol. The Morgan fingerprint density at radius 1 is 1.50 bits per heavy atom. The Bertz CT molecular complexity index is 485. The Labute approximate surface area is 109 Å². The highest BCUT2D eigenvalue weighted by atomic mass is 35.5. The first-order valence-corrected chi connectivity index (χ1v) is 6.07. The van der Waals surface area contributed by atoms with E-state index in [0.29, 0.717) is 12.5 Å². The van der Waals surface area contributed by atoms with E-state index in [1.165, 1.54) is 31.0 Å². The molecule has 1 fully saturated rings. The van der Waals surface area contributed by atoms with E-state index in [1.54, 1.807) is 0 Å². The van der Waals surface area contributed by atoms with E-state index in [0.717, 1.165) is 6.42 Å². The molecule has 1 aromatic rings. The summed E-state index contributed by atoms with van der Waals surface area (Å²) in [6.45, 7) is 0.336. The summed E-state index contributed by atoms with van der Waals surface area (Å²) >= 11 is 5.81. The molecule has 0 atom stereocenters. The summed E-state index contributed by atoms with van der Waals surface area (Å²) in [5, 5.41) is 10.5. The number of carbonyl (C=O) groups is 1. The Balaban J connectivity index is 2.04. The molecule has 96 valence electrons. The predicted molar refractivity (Wildman–Crippen MR) is 65.7 cm³/mol. The molecule has 0 amide bonds. The first-order chi connectivity index (χ1) is 8.59. The zero-order valence-electron chi connectivity index (χ0n) is 9.60. The number of nitro benzene ring substituents is 1. The molecule has 0 spiro atoms. The average molecular weight is 270 g/mol. The largest absolute Gasteiger partial charge is 0.462 e. The summed E-state index contributed by atoms with van der Waals surface area (Å²) in [4.78, 5) is 21.8. The van der Waals surface area contributed by atoms with Crippen molar-refractivity contribution in [1.29, 1.82) is 0 Å². The van der Waals surface area contributed by atoms with Crippen LogP contribution in [0.5, 0.6) is 0 Å². The lowest BCUT2D eigenvalue weighted by atomic mass is 10.2. The quantitative estimate of drug-likeness (QED) is 0.467. The fourth-order valence-electron chi connectivity index (χ4n) is 1.62. The molecule has 0 saturated heterocycles. The van der Waals surface area contributed by atoms with Crippen molar-refractivity contribution in [3.63, 3.8) is 0 Å². The van der Waals surface area contributed by atoms with Gasteiger partial charge in [0.25, 0.3) is 5.69 Å². The summed E-state index contributed by atoms with van der Waals surface area (Å²) in [7, 11) is 0. The van der Waals surface area contributed by atoms with Crippen LogP contribution in [-0.4, -0.2) is 17.5 Å². The van der Waals surface area contributed by atoms with Crippen LogP contribution in [0.25, 0.3) is 0 Å². The standard InChI is InChI=1S/C12H12ClNO4/c13-11-9(2-1-3-10(11)14(16)17)12(15)18-7-6-8-4-5-8/h1-3,8H,4-7H2. The lowest BCUT2D eigenvalue weighted by Crippen LogP contribution is -2.08. The van der Waals surface area contributed by atoms with Crippen LogP contribution in [0.3, 0.4) is 0 Å². The third-order valence-electron chi connectivity index (χ3n) is 2.85. The molecule has 0 bridgehead atoms. The monoisotopic (exact) mass is 269 g/mol. The molecule has 0 radical (unpaired) electrons. The van der Waals surface area contributed by atoms with Gasteiger partial charge in [0.15, 0.2) is 0 Å². The molecule has 6 heteroatoms. The Morgan fingerprint density at radius 2 is 2.22 bits per heavy atom. The molecule has 1 aromatic carbocycles. The van der Waals surface area contributed by atoms with Crippen molar-refractivity contribution in [3.05, 3.63) is 38.9 Å². The molecule has 5 nitrogen and oxygen atoms in total. The number of rotatable bonds is 5. The minimum Gasteiger partial charge on any atom is -0.462 e. The lowest BCUT2D eigenvalue weighted by Gasteiger charge is -2.05. The summed E-state index contributed by atoms with van der Waals surface area (Å²) in [5.41, 5.74) is -0.241. The molecule has 0 heterocycles. The van der Waals surface area contributed by atoms with Crippen LogP contribution in [0, 0.1) is 16.0 Å². The van der Waals surface area contributed by atoms with Gasteiger partial charge < -0.3 is 4.74 Å². The number of nitrogens with zero attached hydrogens (tertiary/aromatic N) is 1. The van der Waals surface area contributed by atoms with Crippen LogP contribution in [0.15, 0.2) is 18.2 Å². The van der Waals surface area contributed by atoms with Gasteiger partial charge in [0, 0.05) is 6.07 Å². The fraction of sp³-hybridized carbons (Fsp3) is 0.417. The van der Waals surface area contributed by atoms with Gasteiger partial charge in [0.1, 0.15) is 5.02 Å². The van der Waals surface area contributed by atoms with E-state index in [4.69, 9.17) is 16.3 Å². The number of carbonyl (C=O) groups excluding carboxylic acids is 1. The molecule has 1 aliphatic carbocycles. The maximum absolute atomic E-state index is 11.7. The molecule has 0 unspecified atom stereocenters. The van der Waals surface area contributed by atoms with E-state index >= 15 is 0 Å². The topological polar surface area (TPSA) is 69.4 Å². The second-order valence-corrected chi connectivity index (χ2v) is 4.64. The Kier molecular flexibility index (Phi) is 3.81. The predicted octanol–water partition coefficient (Wildman–Crippen LogP) is 3.21. The minimum absolute atomic E-state index is 0.0432. The first-order valence-electron chi connectivity index (χ1n) is 5.69. The zero-order chi connectivity index (χ0) is 13.1. The number of hydrogen-bond donors (Lipinski definition) is 0. The number of esters is 1. The molecule has 18 heavy (non-hydrogen) atoms. The van der Waals surface area contributed by atoms with Gasteiger partial charge in [-0.15, -0.1) is 0 Å². The van der Waals surface area contributed by atoms with Crippen LogP contribution >= 0.6 is 11.6 Å². The first kappa shape index (κ1) is 12.8. The van der Waals surface area contributed by atoms with Gasteiger partial charge in [-0.25, -0.2) is 4.79 Å². The minimum atomic E-state index is -0.622. The van der Waals surface area contributed by atoms with Crippen LogP contribution in [0.4, 0.5) is 5.69 Å². The SMILES string of the molecule is O=C(OCCC1CC1)c1cccc([N+](=O)[O-])c1Cl. The maximum atomic E-state index is 11.7. The van der Waals surface area contributed by atoms with Gasteiger partial charge >= 0.3 is 5.97 Å². The van der Waals surface area contributed by atoms with E-state index in [9.17, 15) is 14.9 Å². The van der Waals surface area contributed by atoms with Crippen LogP contribution in [0.1, 0.15) is 29.6 Å². The van der Waals surface area contributed by atoms with Crippen molar-refractivity contribution in [2.75, 3.05) is 6.61 Å². The van der Waals surface area contributed by atoms with Crippen molar-refractivity contribution in [2.45, 2.75) is 19.3 Å². The maximum Gasteiger partial charge on any atom is 0.339 e. The fourth-order valence-corrected chi connectivity index (χ4v) is 1.89. The van der Waals surface area contributed by atoms with E-state index in [1.807, 2.05) is 0 Å². The van der Waals surface area contributed by atoms with Crippen LogP contribution in [-0.2, 0) is 4.74 Å². The van der Waals surface area contributed by atoms with Crippen molar-refractivity contribution in [3.8, 4) is 0 Å². The third-order valence-corrected chi connectivity index (χ3v) is 3.25. The molecule has 1 saturated carbocycles. The number of benzene rings is 1. The average Bonchev–Trinajstić information content (AvgIpc) is 3.12. The Morgan fingerprint density at radius 3 is 2.83 bits per heavy atom. The smallest absolute Gasteiger partial charge is 0.339 e.